The van der Waals surface area contributed by atoms with Crippen molar-refractivity contribution in [1.82, 2.24) is 0 Å². The van der Waals surface area contributed by atoms with E-state index in [1.54, 1.807) is 6.07 Å². The molecule has 0 amide bonds. The summed E-state index contributed by atoms with van der Waals surface area (Å²) in [7, 11) is 0. The monoisotopic (exact) mass is 194 g/mol. The Morgan fingerprint density at radius 1 is 1.36 bits per heavy atom. The van der Waals surface area contributed by atoms with Gasteiger partial charge in [0.15, 0.2) is 11.5 Å². The highest BCUT2D eigenvalue weighted by Gasteiger charge is 2.08. The van der Waals surface area contributed by atoms with Crippen LogP contribution in [0.3, 0.4) is 0 Å². The molecule has 0 bridgehead atoms. The number of phenols is 1. The average molecular weight is 194 g/mol. The van der Waals surface area contributed by atoms with Gasteiger partial charge in [0.2, 0.25) is 0 Å². The second-order valence-electron chi connectivity index (χ2n) is 3.79. The van der Waals surface area contributed by atoms with E-state index < -0.39 is 0 Å². The minimum atomic E-state index is 0.294. The number of hydrogen-bond acceptors (Lipinski definition) is 2. The summed E-state index contributed by atoms with van der Waals surface area (Å²) in [6, 6.07) is 5.66. The largest absolute Gasteiger partial charge is 0.504 e. The van der Waals surface area contributed by atoms with E-state index in [-0.39, 0.29) is 0 Å². The third kappa shape index (κ3) is 2.66. The first kappa shape index (κ1) is 10.9. The van der Waals surface area contributed by atoms with E-state index in [4.69, 9.17) is 4.74 Å². The summed E-state index contributed by atoms with van der Waals surface area (Å²) < 4.78 is 5.31. The fourth-order valence-electron chi connectivity index (χ4n) is 1.44. The lowest BCUT2D eigenvalue weighted by Gasteiger charge is -2.11. The lowest BCUT2D eigenvalue weighted by Crippen LogP contribution is -1.97. The molecule has 78 valence electrons. The zero-order valence-electron chi connectivity index (χ0n) is 9.08. The molecule has 14 heavy (non-hydrogen) atoms. The molecular formula is C12H18O2. The van der Waals surface area contributed by atoms with Crippen LogP contribution >= 0.6 is 0 Å². The molecular weight excluding hydrogens is 176 g/mol. The first-order valence-electron chi connectivity index (χ1n) is 5.08. The van der Waals surface area contributed by atoms with Gasteiger partial charge < -0.3 is 9.84 Å². The standard InChI is InChI=1S/C12H18O2/c1-4-14-11-7-5-6-10(12(11)13)8-9(2)3/h5-7,9,13H,4,8H2,1-3H3. The van der Waals surface area contributed by atoms with Crippen molar-refractivity contribution in [1.29, 1.82) is 0 Å². The van der Waals surface area contributed by atoms with E-state index in [1.807, 2.05) is 19.1 Å². The van der Waals surface area contributed by atoms with E-state index in [2.05, 4.69) is 13.8 Å². The SMILES string of the molecule is CCOc1cccc(CC(C)C)c1O. The molecule has 1 aromatic carbocycles. The quantitative estimate of drug-likeness (QED) is 0.798. The molecule has 0 fully saturated rings. The number of benzene rings is 1. The maximum Gasteiger partial charge on any atom is 0.161 e. The lowest BCUT2D eigenvalue weighted by molar-refractivity contribution is 0.316. The zero-order chi connectivity index (χ0) is 10.6. The van der Waals surface area contributed by atoms with Crippen LogP contribution in [0.2, 0.25) is 0 Å². The van der Waals surface area contributed by atoms with Gasteiger partial charge >= 0.3 is 0 Å². The van der Waals surface area contributed by atoms with E-state index in [0.29, 0.717) is 24.0 Å². The van der Waals surface area contributed by atoms with Crippen LogP contribution in [0.5, 0.6) is 11.5 Å². The van der Waals surface area contributed by atoms with Gasteiger partial charge in [0.1, 0.15) is 0 Å². The smallest absolute Gasteiger partial charge is 0.161 e. The van der Waals surface area contributed by atoms with Crippen LogP contribution in [0.1, 0.15) is 26.3 Å². The Balaban J connectivity index is 2.89. The predicted molar refractivity (Wildman–Crippen MR) is 57.8 cm³/mol. The fourth-order valence-corrected chi connectivity index (χ4v) is 1.44. The van der Waals surface area contributed by atoms with Crippen LogP contribution in [0.4, 0.5) is 0 Å². The highest BCUT2D eigenvalue weighted by atomic mass is 16.5. The van der Waals surface area contributed by atoms with Crippen LogP contribution in [0, 0.1) is 5.92 Å². The van der Waals surface area contributed by atoms with Crippen molar-refractivity contribution in [3.63, 3.8) is 0 Å². The first-order chi connectivity index (χ1) is 6.65. The highest BCUT2D eigenvalue weighted by Crippen LogP contribution is 2.31. The number of phenolic OH excluding ortho intramolecular Hbond substituents is 1. The molecule has 1 aromatic rings. The lowest BCUT2D eigenvalue weighted by atomic mass is 10.0. The molecule has 1 rings (SSSR count). The number of hydrogen-bond donors (Lipinski definition) is 1. The van der Waals surface area contributed by atoms with Gasteiger partial charge in [-0.05, 0) is 30.9 Å². The van der Waals surface area contributed by atoms with Gasteiger partial charge in [-0.15, -0.1) is 0 Å². The first-order valence-corrected chi connectivity index (χ1v) is 5.08. The van der Waals surface area contributed by atoms with Crippen molar-refractivity contribution in [3.8, 4) is 11.5 Å². The molecule has 0 aromatic heterocycles. The number of para-hydroxylation sites is 1. The molecule has 0 saturated heterocycles. The van der Waals surface area contributed by atoms with Gasteiger partial charge in [0.05, 0.1) is 6.61 Å². The second-order valence-corrected chi connectivity index (χ2v) is 3.79. The average Bonchev–Trinajstić information content (AvgIpc) is 2.11. The minimum Gasteiger partial charge on any atom is -0.504 e. The maximum absolute atomic E-state index is 9.84. The van der Waals surface area contributed by atoms with Crippen molar-refractivity contribution in [2.45, 2.75) is 27.2 Å². The molecule has 0 radical (unpaired) electrons. The normalized spacial score (nSPS) is 10.6. The Kier molecular flexibility index (Phi) is 3.81. The minimum absolute atomic E-state index is 0.294. The molecule has 0 aliphatic carbocycles. The van der Waals surface area contributed by atoms with Crippen molar-refractivity contribution >= 4 is 0 Å². The van der Waals surface area contributed by atoms with E-state index in [1.165, 1.54) is 0 Å². The molecule has 0 aliphatic heterocycles. The Morgan fingerprint density at radius 3 is 2.64 bits per heavy atom. The Morgan fingerprint density at radius 2 is 2.07 bits per heavy atom. The van der Waals surface area contributed by atoms with E-state index in [0.717, 1.165) is 12.0 Å². The van der Waals surface area contributed by atoms with Gasteiger partial charge in [0, 0.05) is 0 Å². The second kappa shape index (κ2) is 4.89. The summed E-state index contributed by atoms with van der Waals surface area (Å²) in [6.45, 7) is 6.76. The van der Waals surface area contributed by atoms with Gasteiger partial charge in [-0.3, -0.25) is 0 Å². The van der Waals surface area contributed by atoms with Crippen molar-refractivity contribution in [3.05, 3.63) is 23.8 Å². The third-order valence-corrected chi connectivity index (χ3v) is 2.01. The molecule has 0 spiro atoms. The van der Waals surface area contributed by atoms with Gasteiger partial charge in [-0.2, -0.15) is 0 Å². The molecule has 0 aliphatic rings. The molecule has 2 heteroatoms. The fraction of sp³-hybridized carbons (Fsp3) is 0.500. The summed E-state index contributed by atoms with van der Waals surface area (Å²) in [5.74, 6) is 1.42. The van der Waals surface area contributed by atoms with Gasteiger partial charge in [-0.1, -0.05) is 26.0 Å². The summed E-state index contributed by atoms with van der Waals surface area (Å²) in [5.41, 5.74) is 0.964. The summed E-state index contributed by atoms with van der Waals surface area (Å²) >= 11 is 0. The zero-order valence-corrected chi connectivity index (χ0v) is 9.08. The van der Waals surface area contributed by atoms with Crippen LogP contribution in [0.25, 0.3) is 0 Å². The molecule has 0 unspecified atom stereocenters. The summed E-state index contributed by atoms with van der Waals surface area (Å²) in [4.78, 5) is 0. The van der Waals surface area contributed by atoms with Crippen LogP contribution < -0.4 is 4.74 Å². The van der Waals surface area contributed by atoms with E-state index in [9.17, 15) is 5.11 Å². The Bertz CT molecular complexity index is 292. The predicted octanol–water partition coefficient (Wildman–Crippen LogP) is 2.99. The summed E-state index contributed by atoms with van der Waals surface area (Å²) in [6.07, 6.45) is 0.882. The van der Waals surface area contributed by atoms with Crippen molar-refractivity contribution in [2.75, 3.05) is 6.61 Å². The van der Waals surface area contributed by atoms with Gasteiger partial charge in [0.25, 0.3) is 0 Å². The van der Waals surface area contributed by atoms with Gasteiger partial charge in [-0.25, -0.2) is 0 Å². The molecule has 0 heterocycles. The molecule has 0 atom stereocenters. The number of ether oxygens (including phenoxy) is 1. The third-order valence-electron chi connectivity index (χ3n) is 2.01. The van der Waals surface area contributed by atoms with Crippen LogP contribution in [-0.4, -0.2) is 11.7 Å². The van der Waals surface area contributed by atoms with Crippen LogP contribution in [-0.2, 0) is 6.42 Å². The van der Waals surface area contributed by atoms with Crippen LogP contribution in [0.15, 0.2) is 18.2 Å². The number of aromatic hydroxyl groups is 1. The molecule has 0 saturated carbocycles. The topological polar surface area (TPSA) is 29.5 Å². The Labute approximate surface area is 85.5 Å². The highest BCUT2D eigenvalue weighted by molar-refractivity contribution is 5.45. The summed E-state index contributed by atoms with van der Waals surface area (Å²) in [5, 5.41) is 9.84. The van der Waals surface area contributed by atoms with Crippen molar-refractivity contribution < 1.29 is 9.84 Å². The Hall–Kier alpha value is -1.18. The van der Waals surface area contributed by atoms with E-state index >= 15 is 0 Å². The maximum atomic E-state index is 9.84. The number of rotatable bonds is 4. The molecule has 1 N–H and O–H groups in total. The van der Waals surface area contributed by atoms with Crippen molar-refractivity contribution in [2.24, 2.45) is 5.92 Å². The molecule has 2 nitrogen and oxygen atoms in total.